The molecule has 1 saturated heterocycles. The number of hydrogen-bond acceptors (Lipinski definition) is 4. The molecule has 0 unspecified atom stereocenters. The fourth-order valence-corrected chi connectivity index (χ4v) is 3.27. The summed E-state index contributed by atoms with van der Waals surface area (Å²) in [6.07, 6.45) is 5.28. The van der Waals surface area contributed by atoms with Gasteiger partial charge in [-0.3, -0.25) is 4.90 Å². The molecular weight excluding hydrogens is 322 g/mol. The maximum absolute atomic E-state index is 5.82. The van der Waals surface area contributed by atoms with Gasteiger partial charge in [-0.05, 0) is 51.0 Å². The Kier molecular flexibility index (Phi) is 7.48. The van der Waals surface area contributed by atoms with E-state index in [0.717, 1.165) is 45.0 Å². The van der Waals surface area contributed by atoms with Gasteiger partial charge in [0.1, 0.15) is 0 Å². The molecular formula is C22H39N3O. The monoisotopic (exact) mass is 361 g/mol. The van der Waals surface area contributed by atoms with E-state index in [2.05, 4.69) is 62.4 Å². The van der Waals surface area contributed by atoms with E-state index in [4.69, 9.17) is 4.74 Å². The zero-order valence-corrected chi connectivity index (χ0v) is 17.8. The first-order valence-corrected chi connectivity index (χ1v) is 10.2. The summed E-state index contributed by atoms with van der Waals surface area (Å²) in [4.78, 5) is 9.58. The molecule has 0 atom stereocenters. The van der Waals surface area contributed by atoms with Crippen LogP contribution in [0.2, 0.25) is 0 Å². The number of rotatable bonds is 7. The fraction of sp³-hybridized carbons (Fsp3) is 0.773. The van der Waals surface area contributed by atoms with E-state index in [9.17, 15) is 0 Å². The Morgan fingerprint density at radius 2 is 1.69 bits per heavy atom. The Balaban J connectivity index is 1.62. The molecule has 0 radical (unpaired) electrons. The van der Waals surface area contributed by atoms with Crippen LogP contribution in [0.5, 0.6) is 5.88 Å². The maximum atomic E-state index is 5.82. The van der Waals surface area contributed by atoms with Crippen LogP contribution in [0, 0.1) is 5.41 Å². The van der Waals surface area contributed by atoms with Gasteiger partial charge in [-0.1, -0.05) is 26.8 Å². The molecule has 1 aromatic heterocycles. The van der Waals surface area contributed by atoms with Crippen molar-refractivity contribution >= 4 is 0 Å². The molecule has 1 fully saturated rings. The molecule has 0 aromatic carbocycles. The topological polar surface area (TPSA) is 28.6 Å². The average molecular weight is 362 g/mol. The molecule has 0 saturated carbocycles. The summed E-state index contributed by atoms with van der Waals surface area (Å²) in [6, 6.07) is 4.17. The molecule has 0 amide bonds. The number of aromatic nitrogens is 1. The molecule has 26 heavy (non-hydrogen) atoms. The lowest BCUT2D eigenvalue weighted by Crippen LogP contribution is -2.53. The van der Waals surface area contributed by atoms with Gasteiger partial charge in [0.25, 0.3) is 0 Å². The van der Waals surface area contributed by atoms with Crippen molar-refractivity contribution in [1.82, 2.24) is 14.8 Å². The summed E-state index contributed by atoms with van der Waals surface area (Å²) in [7, 11) is 0. The third-order valence-electron chi connectivity index (χ3n) is 5.15. The van der Waals surface area contributed by atoms with E-state index in [1.165, 1.54) is 25.1 Å². The number of pyridine rings is 1. The number of aryl methyl sites for hydroxylation is 1. The summed E-state index contributed by atoms with van der Waals surface area (Å²) in [6.45, 7) is 20.3. The Morgan fingerprint density at radius 3 is 2.23 bits per heavy atom. The van der Waals surface area contributed by atoms with Gasteiger partial charge in [-0.15, -0.1) is 0 Å². The van der Waals surface area contributed by atoms with E-state index >= 15 is 0 Å². The van der Waals surface area contributed by atoms with E-state index in [0.29, 0.717) is 11.0 Å². The van der Waals surface area contributed by atoms with Crippen LogP contribution in [0.4, 0.5) is 0 Å². The lowest BCUT2D eigenvalue weighted by molar-refractivity contribution is 0.0600. The van der Waals surface area contributed by atoms with Crippen molar-refractivity contribution in [3.05, 3.63) is 23.9 Å². The summed E-state index contributed by atoms with van der Waals surface area (Å²) >= 11 is 0. The van der Waals surface area contributed by atoms with Crippen molar-refractivity contribution in [2.24, 2.45) is 5.41 Å². The first-order valence-electron chi connectivity index (χ1n) is 10.2. The van der Waals surface area contributed by atoms with E-state index < -0.39 is 0 Å². The lowest BCUT2D eigenvalue weighted by Gasteiger charge is -2.42. The predicted octanol–water partition coefficient (Wildman–Crippen LogP) is 4.25. The minimum Gasteiger partial charge on any atom is -0.478 e. The zero-order chi connectivity index (χ0) is 19.2. The quantitative estimate of drug-likeness (QED) is 0.679. The minimum atomic E-state index is 0.292. The Labute approximate surface area is 160 Å². The van der Waals surface area contributed by atoms with Crippen LogP contribution in [0.1, 0.15) is 59.9 Å². The van der Waals surface area contributed by atoms with E-state index in [-0.39, 0.29) is 0 Å². The van der Waals surface area contributed by atoms with Crippen LogP contribution in [0.15, 0.2) is 18.3 Å². The molecule has 1 aromatic rings. The normalized spacial score (nSPS) is 17.5. The lowest BCUT2D eigenvalue weighted by atomic mass is 9.89. The van der Waals surface area contributed by atoms with Crippen LogP contribution in [-0.2, 0) is 6.42 Å². The van der Waals surface area contributed by atoms with Crippen molar-refractivity contribution < 1.29 is 4.74 Å². The van der Waals surface area contributed by atoms with Crippen molar-refractivity contribution in [2.45, 2.75) is 66.3 Å². The molecule has 0 N–H and O–H groups in total. The molecule has 0 spiro atoms. The number of nitrogens with zero attached hydrogens (tertiary/aromatic N) is 3. The summed E-state index contributed by atoms with van der Waals surface area (Å²) in [5, 5.41) is 0. The van der Waals surface area contributed by atoms with E-state index in [1.807, 2.05) is 12.3 Å². The highest BCUT2D eigenvalue weighted by Gasteiger charge is 2.25. The molecule has 0 aliphatic carbocycles. The standard InChI is InChI=1S/C22H39N3O/c1-21(2,3)11-10-19-8-9-20(23-18-19)26-17-7-12-24-13-15-25(16-14-24)22(4,5)6/h8-9,18H,7,10-17H2,1-6H3. The highest BCUT2D eigenvalue weighted by molar-refractivity contribution is 5.18. The van der Waals surface area contributed by atoms with Gasteiger partial charge >= 0.3 is 0 Å². The maximum Gasteiger partial charge on any atom is 0.213 e. The van der Waals surface area contributed by atoms with Crippen molar-refractivity contribution in [1.29, 1.82) is 0 Å². The fourth-order valence-electron chi connectivity index (χ4n) is 3.27. The smallest absolute Gasteiger partial charge is 0.213 e. The molecule has 1 aliphatic rings. The van der Waals surface area contributed by atoms with Crippen LogP contribution in [0.25, 0.3) is 0 Å². The highest BCUT2D eigenvalue weighted by atomic mass is 16.5. The van der Waals surface area contributed by atoms with Gasteiger partial charge in [0.2, 0.25) is 5.88 Å². The summed E-state index contributed by atoms with van der Waals surface area (Å²) in [5.74, 6) is 0.752. The Bertz CT molecular complexity index is 520. The first kappa shape index (κ1) is 21.2. The second-order valence-corrected chi connectivity index (χ2v) is 9.77. The second-order valence-electron chi connectivity index (χ2n) is 9.77. The van der Waals surface area contributed by atoms with Gasteiger partial charge in [-0.25, -0.2) is 4.98 Å². The van der Waals surface area contributed by atoms with Gasteiger partial charge in [-0.2, -0.15) is 0 Å². The van der Waals surface area contributed by atoms with Crippen LogP contribution in [0.3, 0.4) is 0 Å². The summed E-state index contributed by atoms with van der Waals surface area (Å²) in [5.41, 5.74) is 1.96. The minimum absolute atomic E-state index is 0.292. The van der Waals surface area contributed by atoms with Gasteiger partial charge in [0.15, 0.2) is 0 Å². The first-order chi connectivity index (χ1) is 12.1. The predicted molar refractivity (Wildman–Crippen MR) is 110 cm³/mol. The molecule has 0 bridgehead atoms. The number of hydrogen-bond donors (Lipinski definition) is 0. The van der Waals surface area contributed by atoms with Gasteiger partial charge in [0, 0.05) is 50.5 Å². The average Bonchev–Trinajstić information content (AvgIpc) is 2.57. The number of ether oxygens (including phenoxy) is 1. The van der Waals surface area contributed by atoms with Gasteiger partial charge < -0.3 is 9.64 Å². The summed E-state index contributed by atoms with van der Waals surface area (Å²) < 4.78 is 5.82. The molecule has 4 heteroatoms. The van der Waals surface area contributed by atoms with Crippen LogP contribution < -0.4 is 4.74 Å². The van der Waals surface area contributed by atoms with Crippen molar-refractivity contribution in [3.63, 3.8) is 0 Å². The third-order valence-corrected chi connectivity index (χ3v) is 5.15. The molecule has 2 rings (SSSR count). The second kappa shape index (κ2) is 9.18. The van der Waals surface area contributed by atoms with E-state index in [1.54, 1.807) is 0 Å². The van der Waals surface area contributed by atoms with Crippen LogP contribution in [-0.4, -0.2) is 59.7 Å². The molecule has 2 heterocycles. The molecule has 4 nitrogen and oxygen atoms in total. The molecule has 1 aliphatic heterocycles. The Hall–Kier alpha value is -1.13. The SMILES string of the molecule is CC(C)(C)CCc1ccc(OCCCN2CCN(C(C)(C)C)CC2)nc1. The Morgan fingerprint density at radius 1 is 1.00 bits per heavy atom. The highest BCUT2D eigenvalue weighted by Crippen LogP contribution is 2.21. The molecule has 148 valence electrons. The van der Waals surface area contributed by atoms with Crippen molar-refractivity contribution in [2.75, 3.05) is 39.3 Å². The third kappa shape index (κ3) is 7.63. The van der Waals surface area contributed by atoms with Crippen molar-refractivity contribution in [3.8, 4) is 5.88 Å². The largest absolute Gasteiger partial charge is 0.478 e. The van der Waals surface area contributed by atoms with Gasteiger partial charge in [0.05, 0.1) is 6.61 Å². The van der Waals surface area contributed by atoms with Crippen LogP contribution >= 0.6 is 0 Å². The number of piperazine rings is 1. The zero-order valence-electron chi connectivity index (χ0n) is 17.8.